The van der Waals surface area contributed by atoms with Crippen LogP contribution in [0.4, 0.5) is 0 Å². The Morgan fingerprint density at radius 1 is 1.27 bits per heavy atom. The van der Waals surface area contributed by atoms with Gasteiger partial charge in [-0.2, -0.15) is 0 Å². The first kappa shape index (κ1) is 12.9. The molecule has 0 aromatic heterocycles. The molecule has 0 atom stereocenters. The molecule has 1 aromatic rings. The number of rotatable bonds is 5. The first-order valence-electron chi connectivity index (χ1n) is 5.05. The Morgan fingerprint density at radius 3 is 2.40 bits per heavy atom. The monoisotopic (exact) mass is 288 g/mol. The van der Waals surface area contributed by atoms with Gasteiger partial charge in [-0.05, 0) is 23.4 Å². The van der Waals surface area contributed by atoms with Gasteiger partial charge >= 0.3 is 8.56 Å². The SMILES string of the molecule is CCC[Si](OC)(OC)c1cccc(Br)c1. The summed E-state index contributed by atoms with van der Waals surface area (Å²) in [5, 5.41) is 1.18. The Balaban J connectivity index is 3.07. The van der Waals surface area contributed by atoms with Crippen LogP contribution in [0, 0.1) is 0 Å². The predicted octanol–water partition coefficient (Wildman–Crippen LogP) is 2.80. The number of benzene rings is 1. The van der Waals surface area contributed by atoms with Crippen LogP contribution in [-0.2, 0) is 8.85 Å². The van der Waals surface area contributed by atoms with E-state index < -0.39 is 8.56 Å². The quantitative estimate of drug-likeness (QED) is 0.776. The fraction of sp³-hybridized carbons (Fsp3) is 0.455. The highest BCUT2D eigenvalue weighted by Gasteiger charge is 2.36. The van der Waals surface area contributed by atoms with Crippen molar-refractivity contribution in [3.63, 3.8) is 0 Å². The van der Waals surface area contributed by atoms with Gasteiger partial charge in [0, 0.05) is 18.7 Å². The normalized spacial score (nSPS) is 11.7. The van der Waals surface area contributed by atoms with Gasteiger partial charge in [-0.15, -0.1) is 0 Å². The lowest BCUT2D eigenvalue weighted by Gasteiger charge is -2.27. The van der Waals surface area contributed by atoms with Gasteiger partial charge in [0.15, 0.2) is 0 Å². The van der Waals surface area contributed by atoms with Crippen molar-refractivity contribution < 1.29 is 8.85 Å². The van der Waals surface area contributed by atoms with E-state index in [0.717, 1.165) is 16.9 Å². The summed E-state index contributed by atoms with van der Waals surface area (Å²) in [6.45, 7) is 2.15. The molecular weight excluding hydrogens is 272 g/mol. The average Bonchev–Trinajstić information content (AvgIpc) is 2.26. The van der Waals surface area contributed by atoms with Crippen molar-refractivity contribution in [1.29, 1.82) is 0 Å². The summed E-state index contributed by atoms with van der Waals surface area (Å²) in [6, 6.07) is 9.19. The fourth-order valence-corrected chi connectivity index (χ4v) is 5.05. The molecule has 0 aliphatic rings. The standard InChI is InChI=1S/C11H17BrO2Si/c1-4-8-15(13-2,14-3)11-7-5-6-10(12)9-11/h5-7,9H,4,8H2,1-3H3. The van der Waals surface area contributed by atoms with Gasteiger partial charge in [0.05, 0.1) is 0 Å². The summed E-state index contributed by atoms with van der Waals surface area (Å²) in [5.41, 5.74) is 0. The van der Waals surface area contributed by atoms with E-state index in [1.54, 1.807) is 14.2 Å². The Morgan fingerprint density at radius 2 is 1.93 bits per heavy atom. The summed E-state index contributed by atoms with van der Waals surface area (Å²) >= 11 is 3.48. The zero-order valence-electron chi connectivity index (χ0n) is 9.42. The number of hydrogen-bond acceptors (Lipinski definition) is 2. The highest BCUT2D eigenvalue weighted by Crippen LogP contribution is 2.16. The first-order valence-corrected chi connectivity index (χ1v) is 7.86. The molecule has 15 heavy (non-hydrogen) atoms. The van der Waals surface area contributed by atoms with Crippen molar-refractivity contribution in [2.24, 2.45) is 0 Å². The van der Waals surface area contributed by atoms with Crippen LogP contribution in [0.15, 0.2) is 28.7 Å². The van der Waals surface area contributed by atoms with E-state index in [9.17, 15) is 0 Å². The predicted molar refractivity (Wildman–Crippen MR) is 68.6 cm³/mol. The molecule has 0 bridgehead atoms. The van der Waals surface area contributed by atoms with Crippen molar-refractivity contribution in [2.75, 3.05) is 14.2 Å². The van der Waals surface area contributed by atoms with Crippen molar-refractivity contribution in [2.45, 2.75) is 19.4 Å². The largest absolute Gasteiger partial charge is 0.394 e. The second-order valence-corrected chi connectivity index (χ2v) is 7.74. The third-order valence-electron chi connectivity index (χ3n) is 2.50. The summed E-state index contributed by atoms with van der Waals surface area (Å²) in [5.74, 6) is 0. The molecule has 0 amide bonds. The van der Waals surface area contributed by atoms with Crippen LogP contribution in [0.1, 0.15) is 13.3 Å². The Labute approximate surface area is 101 Å². The third-order valence-corrected chi connectivity index (χ3v) is 6.66. The van der Waals surface area contributed by atoms with Crippen molar-refractivity contribution in [1.82, 2.24) is 0 Å². The van der Waals surface area contributed by atoms with Gasteiger partial charge < -0.3 is 8.85 Å². The molecule has 1 aromatic carbocycles. The van der Waals surface area contributed by atoms with Crippen LogP contribution in [0.2, 0.25) is 6.04 Å². The molecule has 4 heteroatoms. The van der Waals surface area contributed by atoms with E-state index in [1.807, 2.05) is 12.1 Å². The van der Waals surface area contributed by atoms with E-state index in [-0.39, 0.29) is 0 Å². The number of hydrogen-bond donors (Lipinski definition) is 0. The molecule has 84 valence electrons. The zero-order chi connectivity index (χ0) is 11.3. The maximum atomic E-state index is 5.66. The highest BCUT2D eigenvalue weighted by atomic mass is 79.9. The maximum absolute atomic E-state index is 5.66. The molecule has 0 spiro atoms. The minimum Gasteiger partial charge on any atom is -0.394 e. The van der Waals surface area contributed by atoms with Gasteiger partial charge in [-0.25, -0.2) is 0 Å². The van der Waals surface area contributed by atoms with Crippen LogP contribution in [0.3, 0.4) is 0 Å². The first-order chi connectivity index (χ1) is 7.18. The molecule has 2 nitrogen and oxygen atoms in total. The van der Waals surface area contributed by atoms with Gasteiger partial charge in [-0.3, -0.25) is 0 Å². The smallest absolute Gasteiger partial charge is 0.372 e. The van der Waals surface area contributed by atoms with Crippen LogP contribution >= 0.6 is 15.9 Å². The Hall–Kier alpha value is -0.163. The molecule has 0 radical (unpaired) electrons. The van der Waals surface area contributed by atoms with E-state index in [0.29, 0.717) is 0 Å². The highest BCUT2D eigenvalue weighted by molar-refractivity contribution is 9.10. The topological polar surface area (TPSA) is 18.5 Å². The lowest BCUT2D eigenvalue weighted by molar-refractivity contribution is 0.257. The second kappa shape index (κ2) is 5.79. The van der Waals surface area contributed by atoms with Gasteiger partial charge in [0.1, 0.15) is 0 Å². The molecule has 0 saturated heterocycles. The van der Waals surface area contributed by atoms with Crippen LogP contribution in [-0.4, -0.2) is 22.8 Å². The zero-order valence-corrected chi connectivity index (χ0v) is 12.0. The molecule has 0 aliphatic heterocycles. The van der Waals surface area contributed by atoms with Crippen LogP contribution in [0.25, 0.3) is 0 Å². The lowest BCUT2D eigenvalue weighted by Crippen LogP contribution is -2.52. The van der Waals surface area contributed by atoms with Gasteiger partial charge in [0.25, 0.3) is 0 Å². The molecule has 1 rings (SSSR count). The van der Waals surface area contributed by atoms with Gasteiger partial charge in [-0.1, -0.05) is 41.4 Å². The lowest BCUT2D eigenvalue weighted by atomic mass is 10.4. The van der Waals surface area contributed by atoms with Crippen LogP contribution in [0.5, 0.6) is 0 Å². The molecule has 0 unspecified atom stereocenters. The summed E-state index contributed by atoms with van der Waals surface area (Å²) in [6.07, 6.45) is 1.07. The van der Waals surface area contributed by atoms with E-state index in [1.165, 1.54) is 5.19 Å². The molecule has 0 saturated carbocycles. The Kier molecular flexibility index (Phi) is 4.98. The molecule has 0 N–H and O–H groups in total. The minimum absolute atomic E-state index is 0.983. The molecular formula is C11H17BrO2Si. The maximum Gasteiger partial charge on any atom is 0.372 e. The molecule has 0 fully saturated rings. The van der Waals surface area contributed by atoms with Gasteiger partial charge in [0.2, 0.25) is 0 Å². The summed E-state index contributed by atoms with van der Waals surface area (Å²) in [7, 11) is 1.30. The second-order valence-electron chi connectivity index (χ2n) is 3.42. The molecule has 0 heterocycles. The van der Waals surface area contributed by atoms with E-state index >= 15 is 0 Å². The molecule has 0 aliphatic carbocycles. The van der Waals surface area contributed by atoms with E-state index in [2.05, 4.69) is 35.0 Å². The van der Waals surface area contributed by atoms with Crippen molar-refractivity contribution in [3.8, 4) is 0 Å². The third kappa shape index (κ3) is 2.90. The fourth-order valence-electron chi connectivity index (χ4n) is 1.72. The Bertz CT molecular complexity index is 313. The average molecular weight is 289 g/mol. The summed E-state index contributed by atoms with van der Waals surface area (Å²) in [4.78, 5) is 0. The van der Waals surface area contributed by atoms with Crippen molar-refractivity contribution >= 4 is 29.7 Å². The number of halogens is 1. The van der Waals surface area contributed by atoms with Crippen LogP contribution < -0.4 is 5.19 Å². The summed E-state index contributed by atoms with van der Waals surface area (Å²) < 4.78 is 12.4. The minimum atomic E-state index is -2.18. The van der Waals surface area contributed by atoms with E-state index in [4.69, 9.17) is 8.85 Å². The van der Waals surface area contributed by atoms with Crippen molar-refractivity contribution in [3.05, 3.63) is 28.7 Å².